The molecule has 0 aromatic heterocycles. The third kappa shape index (κ3) is 2.80. The minimum absolute atomic E-state index is 0.162. The zero-order chi connectivity index (χ0) is 12.1. The number of aliphatic hydroxyl groups excluding tert-OH is 1. The molecule has 1 aromatic carbocycles. The number of carbonyl (C=O) groups excluding carboxylic acids is 1. The van der Waals surface area contributed by atoms with Crippen molar-refractivity contribution in [1.29, 1.82) is 0 Å². The molecular formula is C11H13NO4. The van der Waals surface area contributed by atoms with Crippen LogP contribution in [0.3, 0.4) is 0 Å². The summed E-state index contributed by atoms with van der Waals surface area (Å²) in [6.07, 6.45) is 0. The Hall–Kier alpha value is -1.88. The van der Waals surface area contributed by atoms with E-state index >= 15 is 0 Å². The average Bonchev–Trinajstić information content (AvgIpc) is 2.25. The fourth-order valence-electron chi connectivity index (χ4n) is 1.29. The Bertz CT molecular complexity index is 403. The van der Waals surface area contributed by atoms with Crippen molar-refractivity contribution in [3.8, 4) is 0 Å². The van der Waals surface area contributed by atoms with E-state index in [0.717, 1.165) is 0 Å². The zero-order valence-corrected chi connectivity index (χ0v) is 8.80. The number of rotatable bonds is 5. The number of hydrogen-bond acceptors (Lipinski definition) is 4. The maximum absolute atomic E-state index is 11.3. The summed E-state index contributed by atoms with van der Waals surface area (Å²) in [4.78, 5) is 22.0. The Kier molecular flexibility index (Phi) is 4.02. The van der Waals surface area contributed by atoms with Crippen molar-refractivity contribution >= 4 is 17.4 Å². The van der Waals surface area contributed by atoms with Gasteiger partial charge in [-0.05, 0) is 19.1 Å². The normalized spacial score (nSPS) is 11.9. The number of carboxylic acids is 1. The number of aliphatic carboxylic acids is 1. The third-order valence-electron chi connectivity index (χ3n) is 2.12. The second-order valence-corrected chi connectivity index (χ2v) is 3.32. The maximum atomic E-state index is 11.3. The quantitative estimate of drug-likeness (QED) is 0.641. The number of anilines is 1. The molecule has 1 rings (SSSR count). The monoisotopic (exact) mass is 223 g/mol. The van der Waals surface area contributed by atoms with Crippen LogP contribution >= 0.6 is 0 Å². The summed E-state index contributed by atoms with van der Waals surface area (Å²) < 4.78 is 0. The number of carboxylic acid groups (broad SMARTS) is 1. The number of benzene rings is 1. The molecule has 0 saturated heterocycles. The molecule has 0 heterocycles. The van der Waals surface area contributed by atoms with Gasteiger partial charge in [-0.1, -0.05) is 12.1 Å². The number of carbonyl (C=O) groups is 2. The molecule has 0 fully saturated rings. The fraction of sp³-hybridized carbons (Fsp3) is 0.273. The van der Waals surface area contributed by atoms with E-state index in [4.69, 9.17) is 10.2 Å². The molecule has 5 heteroatoms. The molecule has 5 nitrogen and oxygen atoms in total. The van der Waals surface area contributed by atoms with Crippen LogP contribution in [0.25, 0.3) is 0 Å². The Labute approximate surface area is 92.7 Å². The average molecular weight is 223 g/mol. The summed E-state index contributed by atoms with van der Waals surface area (Å²) in [7, 11) is 0. The summed E-state index contributed by atoms with van der Waals surface area (Å²) >= 11 is 0. The van der Waals surface area contributed by atoms with Crippen molar-refractivity contribution < 1.29 is 19.8 Å². The molecule has 1 aromatic rings. The van der Waals surface area contributed by atoms with Gasteiger partial charge in [0, 0.05) is 11.3 Å². The van der Waals surface area contributed by atoms with Gasteiger partial charge in [-0.3, -0.25) is 4.79 Å². The number of nitrogens with one attached hydrogen (secondary N) is 1. The second-order valence-electron chi connectivity index (χ2n) is 3.32. The van der Waals surface area contributed by atoms with Crippen LogP contribution in [-0.2, 0) is 4.79 Å². The van der Waals surface area contributed by atoms with Gasteiger partial charge in [0.15, 0.2) is 5.78 Å². The summed E-state index contributed by atoms with van der Waals surface area (Å²) in [5.74, 6) is -1.33. The summed E-state index contributed by atoms with van der Waals surface area (Å²) in [6, 6.07) is 5.46. The first-order valence-corrected chi connectivity index (χ1v) is 4.76. The summed E-state index contributed by atoms with van der Waals surface area (Å²) in [5.41, 5.74) is 0.818. The van der Waals surface area contributed by atoms with Crippen LogP contribution in [0.1, 0.15) is 17.3 Å². The molecule has 0 aliphatic heterocycles. The van der Waals surface area contributed by atoms with E-state index in [9.17, 15) is 9.59 Å². The van der Waals surface area contributed by atoms with E-state index in [0.29, 0.717) is 11.3 Å². The van der Waals surface area contributed by atoms with Crippen molar-refractivity contribution in [2.45, 2.75) is 13.0 Å². The van der Waals surface area contributed by atoms with Crippen LogP contribution in [0.4, 0.5) is 5.69 Å². The van der Waals surface area contributed by atoms with E-state index in [1.165, 1.54) is 6.92 Å². The predicted molar refractivity (Wildman–Crippen MR) is 58.6 cm³/mol. The Balaban J connectivity index is 2.95. The number of aliphatic hydroxyl groups is 1. The van der Waals surface area contributed by atoms with Gasteiger partial charge in [0.2, 0.25) is 0 Å². The molecule has 1 atom stereocenters. The first kappa shape index (κ1) is 12.2. The number of ketones is 1. The SMILES string of the molecule is CC(=O)c1ccccc1NC(CO)C(=O)O. The standard InChI is InChI=1S/C11H13NO4/c1-7(14)8-4-2-3-5-9(8)12-10(6-13)11(15)16/h2-5,10,12-13H,6H2,1H3,(H,15,16). The smallest absolute Gasteiger partial charge is 0.328 e. The van der Waals surface area contributed by atoms with Crippen molar-refractivity contribution in [3.63, 3.8) is 0 Å². The Morgan fingerprint density at radius 2 is 2.00 bits per heavy atom. The minimum atomic E-state index is -1.17. The number of Topliss-reactive ketones (excluding diaryl/α,β-unsaturated/α-hetero) is 1. The third-order valence-corrected chi connectivity index (χ3v) is 2.12. The summed E-state index contributed by atoms with van der Waals surface area (Å²) in [5, 5.41) is 20.2. The molecule has 0 amide bonds. The van der Waals surface area contributed by atoms with Gasteiger partial charge in [0.1, 0.15) is 6.04 Å². The largest absolute Gasteiger partial charge is 0.480 e. The van der Waals surface area contributed by atoms with Crippen LogP contribution in [0.15, 0.2) is 24.3 Å². The Morgan fingerprint density at radius 3 is 2.50 bits per heavy atom. The van der Waals surface area contributed by atoms with Gasteiger partial charge in [-0.2, -0.15) is 0 Å². The Morgan fingerprint density at radius 1 is 1.38 bits per heavy atom. The predicted octanol–water partition coefficient (Wildman–Crippen LogP) is 0.747. The molecule has 0 saturated carbocycles. The van der Waals surface area contributed by atoms with Gasteiger partial charge in [0.25, 0.3) is 0 Å². The van der Waals surface area contributed by atoms with Crippen molar-refractivity contribution in [2.24, 2.45) is 0 Å². The second kappa shape index (κ2) is 5.27. The lowest BCUT2D eigenvalue weighted by Gasteiger charge is -2.15. The number of hydrogen-bond donors (Lipinski definition) is 3. The van der Waals surface area contributed by atoms with Crippen molar-refractivity contribution in [1.82, 2.24) is 0 Å². The van der Waals surface area contributed by atoms with Gasteiger partial charge in [0.05, 0.1) is 6.61 Å². The van der Waals surface area contributed by atoms with E-state index in [2.05, 4.69) is 5.32 Å². The topological polar surface area (TPSA) is 86.6 Å². The van der Waals surface area contributed by atoms with Gasteiger partial charge in [-0.25, -0.2) is 4.79 Å². The van der Waals surface area contributed by atoms with Gasteiger partial charge < -0.3 is 15.5 Å². The minimum Gasteiger partial charge on any atom is -0.480 e. The molecular weight excluding hydrogens is 210 g/mol. The van der Waals surface area contributed by atoms with E-state index in [-0.39, 0.29) is 5.78 Å². The van der Waals surface area contributed by atoms with Crippen molar-refractivity contribution in [3.05, 3.63) is 29.8 Å². The molecule has 1 unspecified atom stereocenters. The highest BCUT2D eigenvalue weighted by Crippen LogP contribution is 2.16. The van der Waals surface area contributed by atoms with E-state index in [1.54, 1.807) is 24.3 Å². The lowest BCUT2D eigenvalue weighted by atomic mass is 10.1. The van der Waals surface area contributed by atoms with E-state index in [1.807, 2.05) is 0 Å². The zero-order valence-electron chi connectivity index (χ0n) is 8.80. The maximum Gasteiger partial charge on any atom is 0.328 e. The van der Waals surface area contributed by atoms with Crippen LogP contribution < -0.4 is 5.32 Å². The molecule has 0 radical (unpaired) electrons. The highest BCUT2D eigenvalue weighted by molar-refractivity contribution is 6.00. The molecule has 0 aliphatic carbocycles. The van der Waals surface area contributed by atoms with Crippen LogP contribution in [0.5, 0.6) is 0 Å². The first-order chi connectivity index (χ1) is 7.56. The van der Waals surface area contributed by atoms with Crippen molar-refractivity contribution in [2.75, 3.05) is 11.9 Å². The number of para-hydroxylation sites is 1. The fourth-order valence-corrected chi connectivity index (χ4v) is 1.29. The van der Waals surface area contributed by atoms with Crippen LogP contribution in [-0.4, -0.2) is 34.6 Å². The lowest BCUT2D eigenvalue weighted by Crippen LogP contribution is -2.33. The van der Waals surface area contributed by atoms with Gasteiger partial charge >= 0.3 is 5.97 Å². The molecule has 3 N–H and O–H groups in total. The van der Waals surface area contributed by atoms with E-state index < -0.39 is 18.6 Å². The highest BCUT2D eigenvalue weighted by Gasteiger charge is 2.17. The molecule has 0 spiro atoms. The highest BCUT2D eigenvalue weighted by atomic mass is 16.4. The molecule has 0 aliphatic rings. The van der Waals surface area contributed by atoms with Gasteiger partial charge in [-0.15, -0.1) is 0 Å². The van der Waals surface area contributed by atoms with Crippen LogP contribution in [0, 0.1) is 0 Å². The summed E-state index contributed by atoms with van der Waals surface area (Å²) in [6.45, 7) is 0.858. The molecule has 86 valence electrons. The first-order valence-electron chi connectivity index (χ1n) is 4.76. The molecule has 0 bridgehead atoms. The van der Waals surface area contributed by atoms with Crippen LogP contribution in [0.2, 0.25) is 0 Å². The molecule has 16 heavy (non-hydrogen) atoms. The lowest BCUT2D eigenvalue weighted by molar-refractivity contribution is -0.138.